The summed E-state index contributed by atoms with van der Waals surface area (Å²) in [5.74, 6) is 1.54. The van der Waals surface area contributed by atoms with E-state index in [1.54, 1.807) is 7.11 Å². The number of likely N-dealkylation sites (N-methyl/N-ethyl adjacent to an activating group) is 1. The average molecular weight is 315 g/mol. The molecule has 2 atom stereocenters. The van der Waals surface area contributed by atoms with Crippen LogP contribution in [0.3, 0.4) is 0 Å². The van der Waals surface area contributed by atoms with Gasteiger partial charge in [-0.1, -0.05) is 6.92 Å². The normalized spacial score (nSPS) is 21.3. The molecule has 1 fully saturated rings. The van der Waals surface area contributed by atoms with Crippen LogP contribution < -0.4 is 4.74 Å². The number of methoxy groups -OCH3 is 1. The molecule has 0 N–H and O–H groups in total. The van der Waals surface area contributed by atoms with Crippen molar-refractivity contribution in [1.29, 1.82) is 0 Å². The fourth-order valence-electron chi connectivity index (χ4n) is 3.51. The quantitative estimate of drug-likeness (QED) is 0.867. The first kappa shape index (κ1) is 15.9. The third-order valence-corrected chi connectivity index (χ3v) is 4.87. The van der Waals surface area contributed by atoms with Gasteiger partial charge in [-0.15, -0.1) is 0 Å². The van der Waals surface area contributed by atoms with E-state index in [9.17, 15) is 4.79 Å². The van der Waals surface area contributed by atoms with Gasteiger partial charge < -0.3 is 19.1 Å². The summed E-state index contributed by atoms with van der Waals surface area (Å²) in [6.07, 6.45) is 1.98. The molecule has 0 radical (unpaired) electrons. The van der Waals surface area contributed by atoms with E-state index in [-0.39, 0.29) is 5.91 Å². The Kier molecular flexibility index (Phi) is 4.31. The molecule has 0 spiro atoms. The Morgan fingerprint density at radius 3 is 2.74 bits per heavy atom. The number of ether oxygens (including phenoxy) is 1. The van der Waals surface area contributed by atoms with Crippen LogP contribution in [-0.2, 0) is 11.3 Å². The van der Waals surface area contributed by atoms with Crippen LogP contribution in [0.1, 0.15) is 6.92 Å². The summed E-state index contributed by atoms with van der Waals surface area (Å²) < 4.78 is 7.27. The van der Waals surface area contributed by atoms with Crippen LogP contribution >= 0.6 is 0 Å². The van der Waals surface area contributed by atoms with Gasteiger partial charge in [-0.25, -0.2) is 0 Å². The number of aromatic nitrogens is 1. The number of hydrogen-bond acceptors (Lipinski definition) is 3. The summed E-state index contributed by atoms with van der Waals surface area (Å²) in [6, 6.07) is 8.42. The number of nitrogens with zero attached hydrogens (tertiary/aromatic N) is 3. The third kappa shape index (κ3) is 3.06. The van der Waals surface area contributed by atoms with Crippen LogP contribution in [0.2, 0.25) is 0 Å². The van der Waals surface area contributed by atoms with Crippen LogP contribution in [0.25, 0.3) is 10.9 Å². The molecule has 1 saturated heterocycles. The van der Waals surface area contributed by atoms with E-state index in [1.165, 1.54) is 0 Å². The molecule has 2 unspecified atom stereocenters. The maximum Gasteiger partial charge on any atom is 0.242 e. The van der Waals surface area contributed by atoms with Crippen molar-refractivity contribution in [3.05, 3.63) is 30.5 Å². The van der Waals surface area contributed by atoms with Crippen molar-refractivity contribution >= 4 is 16.8 Å². The van der Waals surface area contributed by atoms with Crippen molar-refractivity contribution in [2.75, 3.05) is 34.3 Å². The zero-order valence-corrected chi connectivity index (χ0v) is 14.3. The van der Waals surface area contributed by atoms with E-state index < -0.39 is 0 Å². The first-order valence-electron chi connectivity index (χ1n) is 8.06. The lowest BCUT2D eigenvalue weighted by atomic mass is 10.1. The highest BCUT2D eigenvalue weighted by Gasteiger charge is 2.33. The monoisotopic (exact) mass is 315 g/mol. The largest absolute Gasteiger partial charge is 0.497 e. The molecular formula is C18H25N3O2. The summed E-state index contributed by atoms with van der Waals surface area (Å²) in [5, 5.41) is 1.10. The van der Waals surface area contributed by atoms with E-state index in [4.69, 9.17) is 4.74 Å². The Bertz CT molecular complexity index is 707. The minimum absolute atomic E-state index is 0.189. The second-order valence-corrected chi connectivity index (χ2v) is 6.68. The fourth-order valence-corrected chi connectivity index (χ4v) is 3.51. The van der Waals surface area contributed by atoms with Gasteiger partial charge in [-0.05, 0) is 44.3 Å². The van der Waals surface area contributed by atoms with Crippen molar-refractivity contribution in [3.8, 4) is 5.75 Å². The van der Waals surface area contributed by atoms with Crippen molar-refractivity contribution in [2.45, 2.75) is 19.5 Å². The van der Waals surface area contributed by atoms with Crippen LogP contribution in [0, 0.1) is 5.92 Å². The molecule has 2 heterocycles. The summed E-state index contributed by atoms with van der Waals surface area (Å²) in [6.45, 7) is 4.27. The van der Waals surface area contributed by atoms with Gasteiger partial charge in [0.25, 0.3) is 0 Å². The van der Waals surface area contributed by atoms with Crippen LogP contribution in [0.15, 0.2) is 30.5 Å². The lowest BCUT2D eigenvalue weighted by Crippen LogP contribution is -2.36. The van der Waals surface area contributed by atoms with Crippen LogP contribution in [-0.4, -0.2) is 60.6 Å². The Morgan fingerprint density at radius 1 is 1.30 bits per heavy atom. The number of rotatable bonds is 4. The van der Waals surface area contributed by atoms with Crippen molar-refractivity contribution in [2.24, 2.45) is 5.92 Å². The lowest BCUT2D eigenvalue weighted by Gasteiger charge is -2.22. The minimum Gasteiger partial charge on any atom is -0.497 e. The highest BCUT2D eigenvalue weighted by molar-refractivity contribution is 5.84. The number of amides is 1. The van der Waals surface area contributed by atoms with E-state index >= 15 is 0 Å². The molecule has 0 saturated carbocycles. The van der Waals surface area contributed by atoms with Gasteiger partial charge in [0.15, 0.2) is 0 Å². The fraction of sp³-hybridized carbons (Fsp3) is 0.500. The molecule has 5 heteroatoms. The molecule has 2 aromatic rings. The second-order valence-electron chi connectivity index (χ2n) is 6.68. The van der Waals surface area contributed by atoms with Gasteiger partial charge >= 0.3 is 0 Å². The highest BCUT2D eigenvalue weighted by Crippen LogP contribution is 2.23. The smallest absolute Gasteiger partial charge is 0.242 e. The number of carbonyl (C=O) groups excluding carboxylic acids is 1. The maximum absolute atomic E-state index is 12.7. The van der Waals surface area contributed by atoms with Crippen molar-refractivity contribution < 1.29 is 9.53 Å². The molecule has 124 valence electrons. The van der Waals surface area contributed by atoms with Gasteiger partial charge in [0, 0.05) is 36.2 Å². The molecule has 1 aromatic carbocycles. The topological polar surface area (TPSA) is 37.7 Å². The first-order chi connectivity index (χ1) is 11.0. The molecule has 5 nitrogen and oxygen atoms in total. The first-order valence-corrected chi connectivity index (χ1v) is 8.06. The minimum atomic E-state index is 0.189. The van der Waals surface area contributed by atoms with E-state index in [0.29, 0.717) is 18.5 Å². The number of fused-ring (bicyclic) bond motifs is 1. The zero-order valence-electron chi connectivity index (χ0n) is 14.3. The number of benzene rings is 1. The molecule has 1 aromatic heterocycles. The average Bonchev–Trinajstić information content (AvgIpc) is 3.10. The molecule has 1 aliphatic heterocycles. The summed E-state index contributed by atoms with van der Waals surface area (Å²) in [7, 11) is 5.83. The van der Waals surface area contributed by atoms with Crippen LogP contribution in [0.5, 0.6) is 5.75 Å². The molecule has 1 aliphatic rings. The number of carbonyl (C=O) groups is 1. The van der Waals surface area contributed by atoms with E-state index in [0.717, 1.165) is 29.7 Å². The lowest BCUT2D eigenvalue weighted by molar-refractivity contribution is -0.130. The molecule has 0 bridgehead atoms. The van der Waals surface area contributed by atoms with E-state index in [2.05, 4.69) is 25.9 Å². The molecule has 1 amide bonds. The predicted molar refractivity (Wildman–Crippen MR) is 91.7 cm³/mol. The summed E-state index contributed by atoms with van der Waals surface area (Å²) in [5.41, 5.74) is 1.07. The van der Waals surface area contributed by atoms with Crippen molar-refractivity contribution in [1.82, 2.24) is 14.4 Å². The Labute approximate surface area is 137 Å². The molecular weight excluding hydrogens is 290 g/mol. The van der Waals surface area contributed by atoms with Gasteiger partial charge in [0.2, 0.25) is 5.91 Å². The standard InChI is InChI=1S/C18H25N3O2/c1-13-10-21(11-17(13)19(2)3)18(22)12-20-8-7-14-9-15(23-4)5-6-16(14)20/h5-9,13,17H,10-12H2,1-4H3. The number of likely N-dealkylation sites (tertiary alicyclic amines) is 1. The Hall–Kier alpha value is -2.01. The maximum atomic E-state index is 12.7. The van der Waals surface area contributed by atoms with Gasteiger partial charge in [0.05, 0.1) is 7.11 Å². The van der Waals surface area contributed by atoms with E-state index in [1.807, 2.05) is 39.9 Å². The SMILES string of the molecule is COc1ccc2c(ccn2CC(=O)N2CC(C)C(N(C)C)C2)c1. The molecule has 3 rings (SSSR count). The predicted octanol–water partition coefficient (Wildman–Crippen LogP) is 2.06. The second kappa shape index (κ2) is 6.24. The third-order valence-electron chi connectivity index (χ3n) is 4.87. The molecule has 23 heavy (non-hydrogen) atoms. The van der Waals surface area contributed by atoms with Gasteiger partial charge in [-0.3, -0.25) is 4.79 Å². The van der Waals surface area contributed by atoms with Crippen molar-refractivity contribution in [3.63, 3.8) is 0 Å². The number of hydrogen-bond donors (Lipinski definition) is 0. The van der Waals surface area contributed by atoms with Gasteiger partial charge in [-0.2, -0.15) is 0 Å². The molecule has 0 aliphatic carbocycles. The Balaban J connectivity index is 1.74. The van der Waals surface area contributed by atoms with Crippen LogP contribution in [0.4, 0.5) is 0 Å². The Morgan fingerprint density at radius 2 is 2.09 bits per heavy atom. The van der Waals surface area contributed by atoms with Gasteiger partial charge in [0.1, 0.15) is 12.3 Å². The summed E-state index contributed by atoms with van der Waals surface area (Å²) in [4.78, 5) is 16.9. The summed E-state index contributed by atoms with van der Waals surface area (Å²) >= 11 is 0. The highest BCUT2D eigenvalue weighted by atomic mass is 16.5. The zero-order chi connectivity index (χ0) is 16.6.